The minimum atomic E-state index is -4.33. The van der Waals surface area contributed by atoms with E-state index in [4.69, 9.17) is 21.1 Å². The van der Waals surface area contributed by atoms with Gasteiger partial charge in [0.25, 0.3) is 10.0 Å². The molecule has 49 heavy (non-hydrogen) atoms. The first-order valence-corrected chi connectivity index (χ1v) is 18.1. The Hall–Kier alpha value is -4.54. The van der Waals surface area contributed by atoms with Crippen LogP contribution in [0.5, 0.6) is 11.5 Å². The zero-order chi connectivity index (χ0) is 35.0. The van der Waals surface area contributed by atoms with Crippen LogP contribution in [0, 0.1) is 6.92 Å². The number of amides is 2. The van der Waals surface area contributed by atoms with Crippen LogP contribution in [0.25, 0.3) is 0 Å². The molecule has 1 fully saturated rings. The molecule has 0 unspecified atom stereocenters. The second-order valence-corrected chi connectivity index (χ2v) is 14.5. The van der Waals surface area contributed by atoms with Crippen LogP contribution in [0.1, 0.15) is 42.4 Å². The highest BCUT2D eigenvalue weighted by Gasteiger charge is 2.36. The molecule has 4 aromatic rings. The normalized spacial score (nSPS) is 13.8. The summed E-state index contributed by atoms with van der Waals surface area (Å²) < 4.78 is 40.8. The first-order valence-electron chi connectivity index (χ1n) is 16.3. The fourth-order valence-electron chi connectivity index (χ4n) is 6.10. The summed E-state index contributed by atoms with van der Waals surface area (Å²) in [4.78, 5) is 30.5. The third kappa shape index (κ3) is 8.93. The molecule has 1 N–H and O–H groups in total. The number of rotatable bonds is 14. The fraction of sp³-hybridized carbons (Fsp3) is 0.316. The smallest absolute Gasteiger partial charge is 0.264 e. The number of aryl methyl sites for hydroxylation is 1. The van der Waals surface area contributed by atoms with Crippen molar-refractivity contribution in [2.75, 3.05) is 25.1 Å². The Kier molecular flexibility index (Phi) is 11.9. The van der Waals surface area contributed by atoms with Crippen LogP contribution >= 0.6 is 11.6 Å². The number of nitrogens with one attached hydrogen (secondary N) is 1. The lowest BCUT2D eigenvalue weighted by atomic mass is 10.0. The van der Waals surface area contributed by atoms with Gasteiger partial charge in [-0.2, -0.15) is 0 Å². The first kappa shape index (κ1) is 35.8. The molecule has 0 aliphatic heterocycles. The van der Waals surface area contributed by atoms with Gasteiger partial charge in [0.05, 0.1) is 24.8 Å². The van der Waals surface area contributed by atoms with Gasteiger partial charge in [-0.1, -0.05) is 84.6 Å². The number of anilines is 1. The molecule has 1 aliphatic rings. The molecule has 0 aromatic heterocycles. The number of halogens is 1. The Balaban J connectivity index is 1.61. The van der Waals surface area contributed by atoms with Gasteiger partial charge in [0.2, 0.25) is 11.8 Å². The van der Waals surface area contributed by atoms with Gasteiger partial charge in [-0.25, -0.2) is 8.42 Å². The Morgan fingerprint density at radius 3 is 2.24 bits per heavy atom. The third-order valence-corrected chi connectivity index (χ3v) is 10.8. The van der Waals surface area contributed by atoms with E-state index in [-0.39, 0.29) is 46.3 Å². The number of nitrogens with zero attached hydrogens (tertiary/aromatic N) is 2. The van der Waals surface area contributed by atoms with Gasteiger partial charge in [0.15, 0.2) is 0 Å². The number of sulfonamides is 1. The van der Waals surface area contributed by atoms with Crippen LogP contribution in [0.3, 0.4) is 0 Å². The Labute approximate surface area is 293 Å². The van der Waals surface area contributed by atoms with E-state index in [0.717, 1.165) is 41.1 Å². The van der Waals surface area contributed by atoms with Crippen molar-refractivity contribution in [3.63, 3.8) is 0 Å². The zero-order valence-electron chi connectivity index (χ0n) is 28.0. The molecule has 258 valence electrons. The SMILES string of the molecule is COc1cccc(CN(C(=O)CN(c2cc(Cl)ccc2OC)S(=O)(=O)c2ccc(C)cc2)[C@H](Cc2ccccc2)C(=O)NC2CCCC2)c1. The van der Waals surface area contributed by atoms with Gasteiger partial charge in [-0.15, -0.1) is 0 Å². The van der Waals surface area contributed by atoms with Gasteiger partial charge >= 0.3 is 0 Å². The average molecular weight is 704 g/mol. The lowest BCUT2D eigenvalue weighted by molar-refractivity contribution is -0.140. The number of carbonyl (C=O) groups is 2. The van der Waals surface area contributed by atoms with Crippen LogP contribution < -0.4 is 19.1 Å². The molecule has 1 atom stereocenters. The van der Waals surface area contributed by atoms with Crippen molar-refractivity contribution >= 4 is 39.1 Å². The van der Waals surface area contributed by atoms with Crippen molar-refractivity contribution in [2.45, 2.75) is 62.6 Å². The monoisotopic (exact) mass is 703 g/mol. The molecule has 4 aromatic carbocycles. The van der Waals surface area contributed by atoms with E-state index in [0.29, 0.717) is 11.3 Å². The molecular formula is C38H42ClN3O6S. The van der Waals surface area contributed by atoms with E-state index in [9.17, 15) is 18.0 Å². The lowest BCUT2D eigenvalue weighted by Gasteiger charge is -2.34. The average Bonchev–Trinajstić information content (AvgIpc) is 3.62. The molecule has 9 nitrogen and oxygen atoms in total. The number of hydrogen-bond donors (Lipinski definition) is 1. The first-order chi connectivity index (χ1) is 23.6. The Bertz CT molecular complexity index is 1850. The second kappa shape index (κ2) is 16.2. The number of benzene rings is 4. The van der Waals surface area contributed by atoms with Crippen molar-refractivity contribution < 1.29 is 27.5 Å². The summed E-state index contributed by atoms with van der Waals surface area (Å²) in [6.45, 7) is 1.26. The van der Waals surface area contributed by atoms with Crippen molar-refractivity contribution in [3.8, 4) is 11.5 Å². The van der Waals surface area contributed by atoms with Gasteiger partial charge in [-0.3, -0.25) is 13.9 Å². The third-order valence-electron chi connectivity index (χ3n) is 8.76. The number of methoxy groups -OCH3 is 2. The van der Waals surface area contributed by atoms with Gasteiger partial charge in [-0.05, 0) is 73.4 Å². The van der Waals surface area contributed by atoms with E-state index < -0.39 is 28.5 Å². The number of carbonyl (C=O) groups excluding carboxylic acids is 2. The summed E-state index contributed by atoms with van der Waals surface area (Å²) in [5.41, 5.74) is 2.55. The topological polar surface area (TPSA) is 105 Å². The maximum Gasteiger partial charge on any atom is 0.264 e. The minimum Gasteiger partial charge on any atom is -0.497 e. The lowest BCUT2D eigenvalue weighted by Crippen LogP contribution is -2.54. The van der Waals surface area contributed by atoms with Crippen molar-refractivity contribution in [3.05, 3.63) is 119 Å². The van der Waals surface area contributed by atoms with E-state index in [1.54, 1.807) is 43.5 Å². The van der Waals surface area contributed by atoms with Crippen LogP contribution in [0.4, 0.5) is 5.69 Å². The zero-order valence-corrected chi connectivity index (χ0v) is 29.5. The molecule has 0 bridgehead atoms. The molecule has 0 spiro atoms. The Morgan fingerprint density at radius 1 is 0.878 bits per heavy atom. The summed E-state index contributed by atoms with van der Waals surface area (Å²) in [7, 11) is -1.35. The largest absolute Gasteiger partial charge is 0.497 e. The fourth-order valence-corrected chi connectivity index (χ4v) is 7.68. The molecule has 0 saturated heterocycles. The number of ether oxygens (including phenoxy) is 2. The summed E-state index contributed by atoms with van der Waals surface area (Å²) >= 11 is 6.40. The maximum absolute atomic E-state index is 14.8. The van der Waals surface area contributed by atoms with Crippen LogP contribution in [0.2, 0.25) is 5.02 Å². The highest BCUT2D eigenvalue weighted by Crippen LogP contribution is 2.35. The standard InChI is InChI=1S/C38H42ClN3O6S/c1-27-16-19-33(20-17-27)49(45,46)42(34-24-30(39)18-21-36(34)48-3)26-37(43)41(25-29-12-9-15-32(22-29)47-2)35(23-28-10-5-4-6-11-28)38(44)40-31-13-7-8-14-31/h4-6,9-12,15-22,24,31,35H,7-8,13-14,23,25-26H2,1-3H3,(H,40,44)/t35-/m1/s1. The van der Waals surface area contributed by atoms with Crippen LogP contribution in [-0.4, -0.2) is 58.0 Å². The van der Waals surface area contributed by atoms with E-state index in [1.807, 2.05) is 49.4 Å². The number of hydrogen-bond acceptors (Lipinski definition) is 6. The Morgan fingerprint density at radius 2 is 1.57 bits per heavy atom. The van der Waals surface area contributed by atoms with Gasteiger partial charge in [0, 0.05) is 24.0 Å². The van der Waals surface area contributed by atoms with Crippen molar-refractivity contribution in [2.24, 2.45) is 0 Å². The molecule has 5 rings (SSSR count). The molecule has 1 aliphatic carbocycles. The van der Waals surface area contributed by atoms with E-state index >= 15 is 0 Å². The maximum atomic E-state index is 14.8. The molecule has 11 heteroatoms. The van der Waals surface area contributed by atoms with E-state index in [1.165, 1.54) is 30.2 Å². The molecule has 0 radical (unpaired) electrons. The highest BCUT2D eigenvalue weighted by molar-refractivity contribution is 7.92. The minimum absolute atomic E-state index is 0.00733. The molecule has 2 amide bonds. The predicted octanol–water partition coefficient (Wildman–Crippen LogP) is 6.56. The van der Waals surface area contributed by atoms with Crippen LogP contribution in [0.15, 0.2) is 102 Å². The van der Waals surface area contributed by atoms with Gasteiger partial charge < -0.3 is 19.7 Å². The van der Waals surface area contributed by atoms with Crippen molar-refractivity contribution in [1.29, 1.82) is 0 Å². The quantitative estimate of drug-likeness (QED) is 0.160. The molecule has 0 heterocycles. The van der Waals surface area contributed by atoms with Crippen LogP contribution in [-0.2, 0) is 32.6 Å². The summed E-state index contributed by atoms with van der Waals surface area (Å²) in [5, 5.41) is 3.45. The summed E-state index contributed by atoms with van der Waals surface area (Å²) in [6.07, 6.45) is 4.00. The summed E-state index contributed by atoms with van der Waals surface area (Å²) in [6, 6.07) is 26.8. The predicted molar refractivity (Wildman–Crippen MR) is 192 cm³/mol. The molecular weight excluding hydrogens is 662 g/mol. The van der Waals surface area contributed by atoms with Gasteiger partial charge in [0.1, 0.15) is 24.1 Å². The molecule has 1 saturated carbocycles. The highest BCUT2D eigenvalue weighted by atomic mass is 35.5. The second-order valence-electron chi connectivity index (χ2n) is 12.2. The van der Waals surface area contributed by atoms with E-state index in [2.05, 4.69) is 5.32 Å². The summed E-state index contributed by atoms with van der Waals surface area (Å²) in [5.74, 6) is -0.0671. The van der Waals surface area contributed by atoms with Crippen molar-refractivity contribution in [1.82, 2.24) is 10.2 Å².